The first-order chi connectivity index (χ1) is 17.0. The van der Waals surface area contributed by atoms with Gasteiger partial charge in [0, 0.05) is 11.1 Å². The topological polar surface area (TPSA) is 104 Å². The average molecular weight is 498 g/mol. The zero-order chi connectivity index (χ0) is 26.0. The number of hydrogen-bond acceptors (Lipinski definition) is 5. The van der Waals surface area contributed by atoms with Crippen LogP contribution in [0.25, 0.3) is 10.9 Å². The molecule has 0 bridgehead atoms. The smallest absolute Gasteiger partial charge is 0.416 e. The van der Waals surface area contributed by atoms with Crippen molar-refractivity contribution >= 4 is 34.3 Å². The zero-order valence-electron chi connectivity index (χ0n) is 18.6. The van der Waals surface area contributed by atoms with Gasteiger partial charge in [0.25, 0.3) is 5.91 Å². The number of para-hydroxylation sites is 1. The largest absolute Gasteiger partial charge is 0.478 e. The molecule has 3 N–H and O–H groups in total. The van der Waals surface area contributed by atoms with Crippen LogP contribution in [0.5, 0.6) is 0 Å². The average Bonchev–Trinajstić information content (AvgIpc) is 2.83. The van der Waals surface area contributed by atoms with Crippen LogP contribution in [0.3, 0.4) is 0 Å². The molecule has 1 heterocycles. The molecule has 4 rings (SSSR count). The predicted molar refractivity (Wildman–Crippen MR) is 124 cm³/mol. The summed E-state index contributed by atoms with van der Waals surface area (Å²) in [4.78, 5) is 32.3. The molecule has 0 spiro atoms. The van der Waals surface area contributed by atoms with Gasteiger partial charge in [-0.25, -0.2) is 19.2 Å². The van der Waals surface area contributed by atoms with E-state index < -0.39 is 35.0 Å². The summed E-state index contributed by atoms with van der Waals surface area (Å²) in [5.41, 5.74) is -0.416. The van der Waals surface area contributed by atoms with Crippen LogP contribution in [0.4, 0.5) is 29.1 Å². The number of nitrogens with zero attached hydrogens (tertiary/aromatic N) is 2. The van der Waals surface area contributed by atoms with E-state index in [0.717, 1.165) is 6.07 Å². The minimum absolute atomic E-state index is 0.0332. The maximum absolute atomic E-state index is 14.2. The summed E-state index contributed by atoms with van der Waals surface area (Å²) in [6.07, 6.45) is -3.48. The number of carbonyl (C=O) groups is 2. The molecule has 1 amide bonds. The van der Waals surface area contributed by atoms with Crippen molar-refractivity contribution in [1.29, 1.82) is 0 Å². The number of rotatable bonds is 6. The lowest BCUT2D eigenvalue weighted by Gasteiger charge is -2.17. The number of nitrogens with one attached hydrogen (secondary N) is 2. The van der Waals surface area contributed by atoms with Crippen molar-refractivity contribution in [2.24, 2.45) is 0 Å². The van der Waals surface area contributed by atoms with Gasteiger partial charge < -0.3 is 15.7 Å². The molecule has 0 saturated carbocycles. The Morgan fingerprint density at radius 2 is 1.72 bits per heavy atom. The molecule has 36 heavy (non-hydrogen) atoms. The summed E-state index contributed by atoms with van der Waals surface area (Å²) in [6.45, 7) is 1.81. The van der Waals surface area contributed by atoms with Gasteiger partial charge in [0.2, 0.25) is 0 Å². The lowest BCUT2D eigenvalue weighted by Crippen LogP contribution is -2.16. The summed E-state index contributed by atoms with van der Waals surface area (Å²) in [7, 11) is 0. The Bertz CT molecular complexity index is 1470. The number of alkyl halides is 3. The van der Waals surface area contributed by atoms with E-state index in [1.807, 2.05) is 6.92 Å². The molecule has 0 aliphatic rings. The van der Waals surface area contributed by atoms with E-state index in [4.69, 9.17) is 0 Å². The van der Waals surface area contributed by atoms with Crippen LogP contribution in [-0.2, 0) is 6.18 Å². The first kappa shape index (κ1) is 24.6. The summed E-state index contributed by atoms with van der Waals surface area (Å²) in [5, 5.41) is 15.6. The first-order valence-corrected chi connectivity index (χ1v) is 10.6. The number of hydrogen-bond donors (Lipinski definition) is 3. The fraction of sp³-hybridized carbons (Fsp3) is 0.120. The summed E-state index contributed by atoms with van der Waals surface area (Å²) < 4.78 is 52.4. The highest BCUT2D eigenvalue weighted by Gasteiger charge is 2.31. The molecule has 11 heteroatoms. The normalized spacial score (nSPS) is 12.2. The van der Waals surface area contributed by atoms with Crippen molar-refractivity contribution in [2.45, 2.75) is 19.1 Å². The summed E-state index contributed by atoms with van der Waals surface area (Å²) in [5.74, 6) is -2.91. The third-order valence-corrected chi connectivity index (χ3v) is 5.43. The highest BCUT2D eigenvalue weighted by atomic mass is 19.4. The number of carboxylic acid groups (broad SMARTS) is 1. The number of benzene rings is 3. The molecule has 0 fully saturated rings. The second-order valence-corrected chi connectivity index (χ2v) is 7.87. The number of carboxylic acids is 1. The van der Waals surface area contributed by atoms with E-state index in [2.05, 4.69) is 20.6 Å². The molecule has 0 aliphatic heterocycles. The minimum Gasteiger partial charge on any atom is -0.478 e. The minimum atomic E-state index is -4.72. The fourth-order valence-electron chi connectivity index (χ4n) is 3.62. The van der Waals surface area contributed by atoms with Crippen molar-refractivity contribution in [2.75, 3.05) is 10.6 Å². The van der Waals surface area contributed by atoms with Crippen molar-refractivity contribution in [3.8, 4) is 0 Å². The Morgan fingerprint density at radius 3 is 2.42 bits per heavy atom. The zero-order valence-corrected chi connectivity index (χ0v) is 18.6. The van der Waals surface area contributed by atoms with Crippen LogP contribution in [0.15, 0.2) is 67.0 Å². The third-order valence-electron chi connectivity index (χ3n) is 5.43. The Kier molecular flexibility index (Phi) is 6.56. The monoisotopic (exact) mass is 498 g/mol. The maximum atomic E-state index is 14.2. The maximum Gasteiger partial charge on any atom is 0.416 e. The highest BCUT2D eigenvalue weighted by molar-refractivity contribution is 6.05. The van der Waals surface area contributed by atoms with E-state index in [9.17, 15) is 32.3 Å². The number of carbonyl (C=O) groups excluding carboxylic acids is 1. The number of fused-ring (bicyclic) bond motifs is 1. The van der Waals surface area contributed by atoms with Gasteiger partial charge in [0.1, 0.15) is 18.0 Å². The van der Waals surface area contributed by atoms with E-state index >= 15 is 0 Å². The Hall–Kier alpha value is -4.54. The summed E-state index contributed by atoms with van der Waals surface area (Å²) in [6, 6.07) is 12.6. The van der Waals surface area contributed by atoms with E-state index in [1.54, 1.807) is 36.4 Å². The van der Waals surface area contributed by atoms with Crippen molar-refractivity contribution in [1.82, 2.24) is 9.97 Å². The van der Waals surface area contributed by atoms with Crippen LogP contribution < -0.4 is 10.6 Å². The SMILES string of the molecule is C[C@@H](Nc1ncnc2c(C(=O)O)cccc12)c1cccc(NC(=O)c2ccc(C(F)(F)F)cc2F)c1. The van der Waals surface area contributed by atoms with Crippen molar-refractivity contribution < 1.29 is 32.3 Å². The number of anilines is 2. The quantitative estimate of drug-likeness (QED) is 0.286. The molecular formula is C25H18F4N4O3. The van der Waals surface area contributed by atoms with Gasteiger partial charge in [0.05, 0.1) is 28.2 Å². The molecule has 3 aromatic carbocycles. The van der Waals surface area contributed by atoms with Gasteiger partial charge in [-0.1, -0.05) is 18.2 Å². The van der Waals surface area contributed by atoms with Crippen molar-refractivity contribution in [3.63, 3.8) is 0 Å². The van der Waals surface area contributed by atoms with Crippen LogP contribution in [0, 0.1) is 5.82 Å². The summed E-state index contributed by atoms with van der Waals surface area (Å²) >= 11 is 0. The third kappa shape index (κ3) is 5.09. The van der Waals surface area contributed by atoms with Gasteiger partial charge in [0.15, 0.2) is 0 Å². The highest BCUT2D eigenvalue weighted by Crippen LogP contribution is 2.31. The van der Waals surface area contributed by atoms with Crippen LogP contribution >= 0.6 is 0 Å². The van der Waals surface area contributed by atoms with E-state index in [1.165, 1.54) is 12.4 Å². The standard InChI is InChI=1S/C25H18F4N4O3/c1-13(32-22-18-6-3-7-19(24(35)36)21(18)30-12-31-22)14-4-2-5-16(10-14)33-23(34)17-9-8-15(11-20(17)26)25(27,28)29/h2-13H,1H3,(H,33,34)(H,35,36)(H,30,31,32)/t13-/m1/s1. The molecule has 7 nitrogen and oxygen atoms in total. The van der Waals surface area contributed by atoms with E-state index in [0.29, 0.717) is 28.5 Å². The van der Waals surface area contributed by atoms with Gasteiger partial charge in [-0.05, 0) is 55.0 Å². The van der Waals surface area contributed by atoms with Gasteiger partial charge in [-0.2, -0.15) is 13.2 Å². The Morgan fingerprint density at radius 1 is 0.972 bits per heavy atom. The molecule has 4 aromatic rings. The number of amides is 1. The Labute approximate surface area is 201 Å². The Balaban J connectivity index is 1.54. The van der Waals surface area contributed by atoms with Crippen molar-refractivity contribution in [3.05, 3.63) is 95.1 Å². The molecule has 0 aliphatic carbocycles. The predicted octanol–water partition coefficient (Wildman–Crippen LogP) is 5.91. The van der Waals surface area contributed by atoms with Gasteiger partial charge in [-0.3, -0.25) is 4.79 Å². The molecular weight excluding hydrogens is 480 g/mol. The second kappa shape index (κ2) is 9.61. The number of halogens is 4. The van der Waals surface area contributed by atoms with Crippen LogP contribution in [0.2, 0.25) is 0 Å². The molecule has 0 saturated heterocycles. The molecule has 0 unspecified atom stereocenters. The van der Waals surface area contributed by atoms with E-state index in [-0.39, 0.29) is 23.2 Å². The van der Waals surface area contributed by atoms with Crippen LogP contribution in [0.1, 0.15) is 44.8 Å². The van der Waals surface area contributed by atoms with Crippen LogP contribution in [-0.4, -0.2) is 27.0 Å². The molecule has 1 atom stereocenters. The molecule has 0 radical (unpaired) electrons. The number of aromatic nitrogens is 2. The molecule has 1 aromatic heterocycles. The van der Waals surface area contributed by atoms with Gasteiger partial charge >= 0.3 is 12.1 Å². The van der Waals surface area contributed by atoms with Gasteiger partial charge in [-0.15, -0.1) is 0 Å². The second-order valence-electron chi connectivity index (χ2n) is 7.87. The molecule has 184 valence electrons. The lowest BCUT2D eigenvalue weighted by molar-refractivity contribution is -0.137. The fourth-order valence-corrected chi connectivity index (χ4v) is 3.62. The first-order valence-electron chi connectivity index (χ1n) is 10.6. The number of aromatic carboxylic acids is 1. The lowest BCUT2D eigenvalue weighted by atomic mass is 10.1.